The van der Waals surface area contributed by atoms with Crippen molar-refractivity contribution in [2.45, 2.75) is 52.2 Å². The fourth-order valence-electron chi connectivity index (χ4n) is 2.06. The Morgan fingerprint density at radius 2 is 1.74 bits per heavy atom. The van der Waals surface area contributed by atoms with Gasteiger partial charge in [-0.3, -0.25) is 4.79 Å². The number of allylic oxidation sites excluding steroid dienone is 3. The second kappa shape index (κ2) is 4.22. The molecule has 4 nitrogen and oxygen atoms in total. The maximum Gasteiger partial charge on any atom is 0.494 e. The van der Waals surface area contributed by atoms with Crippen molar-refractivity contribution in [3.63, 3.8) is 0 Å². The van der Waals surface area contributed by atoms with Crippen LogP contribution < -0.4 is 0 Å². The molecule has 0 bridgehead atoms. The molecule has 1 heterocycles. The SMILES string of the molecule is CC1(C(=O)O)C=CC(B2OC(C)(C)C(C)(C)O2)=CC1. The fraction of sp³-hybridized carbons (Fsp3) is 0.643. The molecule has 0 radical (unpaired) electrons. The Morgan fingerprint density at radius 3 is 2.11 bits per heavy atom. The van der Waals surface area contributed by atoms with Crippen molar-refractivity contribution in [1.82, 2.24) is 0 Å². The largest absolute Gasteiger partial charge is 0.494 e. The highest BCUT2D eigenvalue weighted by molar-refractivity contribution is 6.55. The van der Waals surface area contributed by atoms with Crippen LogP contribution in [0, 0.1) is 5.41 Å². The minimum atomic E-state index is -0.826. The monoisotopic (exact) mass is 264 g/mol. The summed E-state index contributed by atoms with van der Waals surface area (Å²) in [5.74, 6) is -0.812. The number of carboxylic acids is 1. The van der Waals surface area contributed by atoms with Crippen molar-refractivity contribution in [2.24, 2.45) is 5.41 Å². The molecule has 2 rings (SSSR count). The van der Waals surface area contributed by atoms with Crippen LogP contribution in [0.4, 0.5) is 0 Å². The standard InChI is InChI=1S/C14H21BO4/c1-12(2)13(3,4)19-15(18-12)10-6-8-14(5,9-7-10)11(16)17/h6-8H,9H2,1-5H3,(H,16,17). The van der Waals surface area contributed by atoms with Gasteiger partial charge >= 0.3 is 13.1 Å². The summed E-state index contributed by atoms with van der Waals surface area (Å²) in [4.78, 5) is 11.2. The van der Waals surface area contributed by atoms with Gasteiger partial charge in [0.25, 0.3) is 0 Å². The van der Waals surface area contributed by atoms with E-state index >= 15 is 0 Å². The molecule has 0 saturated carbocycles. The molecule has 2 aliphatic rings. The van der Waals surface area contributed by atoms with Crippen molar-refractivity contribution < 1.29 is 19.2 Å². The Morgan fingerprint density at radius 1 is 1.21 bits per heavy atom. The lowest BCUT2D eigenvalue weighted by atomic mass is 9.71. The van der Waals surface area contributed by atoms with E-state index in [1.54, 1.807) is 19.1 Å². The predicted molar refractivity (Wildman–Crippen MR) is 73.7 cm³/mol. The van der Waals surface area contributed by atoms with Crippen LogP contribution in [0.1, 0.15) is 41.0 Å². The zero-order valence-corrected chi connectivity index (χ0v) is 12.2. The maximum absolute atomic E-state index is 11.2. The zero-order valence-electron chi connectivity index (χ0n) is 12.2. The van der Waals surface area contributed by atoms with Gasteiger partial charge in [-0.2, -0.15) is 0 Å². The van der Waals surface area contributed by atoms with Gasteiger partial charge in [0.15, 0.2) is 0 Å². The van der Waals surface area contributed by atoms with E-state index in [0.29, 0.717) is 6.42 Å². The van der Waals surface area contributed by atoms with Crippen molar-refractivity contribution in [3.05, 3.63) is 23.7 Å². The van der Waals surface area contributed by atoms with Gasteiger partial charge in [-0.15, -0.1) is 0 Å². The second-order valence-electron chi connectivity index (χ2n) is 6.55. The molecule has 1 saturated heterocycles. The molecule has 19 heavy (non-hydrogen) atoms. The summed E-state index contributed by atoms with van der Waals surface area (Å²) in [6.45, 7) is 9.72. The molecule has 1 N–H and O–H groups in total. The summed E-state index contributed by atoms with van der Waals surface area (Å²) in [7, 11) is -0.417. The van der Waals surface area contributed by atoms with Crippen LogP contribution in [-0.2, 0) is 14.1 Å². The zero-order chi connectivity index (χ0) is 14.5. The third kappa shape index (κ3) is 2.37. The normalized spacial score (nSPS) is 32.3. The average Bonchev–Trinajstić information content (AvgIpc) is 2.49. The van der Waals surface area contributed by atoms with Crippen LogP contribution in [0.5, 0.6) is 0 Å². The van der Waals surface area contributed by atoms with Crippen LogP contribution in [0.3, 0.4) is 0 Å². The van der Waals surface area contributed by atoms with E-state index in [-0.39, 0.29) is 11.2 Å². The number of hydrogen-bond donors (Lipinski definition) is 1. The van der Waals surface area contributed by atoms with E-state index in [4.69, 9.17) is 9.31 Å². The fourth-order valence-corrected chi connectivity index (χ4v) is 2.06. The van der Waals surface area contributed by atoms with E-state index in [2.05, 4.69) is 0 Å². The number of rotatable bonds is 2. The van der Waals surface area contributed by atoms with Gasteiger partial charge in [-0.25, -0.2) is 0 Å². The van der Waals surface area contributed by atoms with Gasteiger partial charge in [-0.1, -0.05) is 18.2 Å². The molecule has 0 aromatic carbocycles. The van der Waals surface area contributed by atoms with Crippen LogP contribution in [0.25, 0.3) is 0 Å². The molecule has 5 heteroatoms. The van der Waals surface area contributed by atoms with Crippen molar-refractivity contribution >= 4 is 13.1 Å². The van der Waals surface area contributed by atoms with Crippen molar-refractivity contribution in [2.75, 3.05) is 0 Å². The van der Waals surface area contributed by atoms with Gasteiger partial charge in [0.05, 0.1) is 16.6 Å². The molecule has 1 aliphatic carbocycles. The highest BCUT2D eigenvalue weighted by atomic mass is 16.7. The lowest BCUT2D eigenvalue weighted by molar-refractivity contribution is -0.145. The van der Waals surface area contributed by atoms with Crippen LogP contribution in [0.2, 0.25) is 0 Å². The first-order chi connectivity index (χ1) is 8.57. The van der Waals surface area contributed by atoms with E-state index in [9.17, 15) is 9.90 Å². The Bertz CT molecular complexity index is 448. The molecule has 104 valence electrons. The number of hydrogen-bond acceptors (Lipinski definition) is 3. The van der Waals surface area contributed by atoms with E-state index in [1.807, 2.05) is 33.8 Å². The highest BCUT2D eigenvalue weighted by Crippen LogP contribution is 2.40. The van der Waals surface area contributed by atoms with Gasteiger partial charge in [0.2, 0.25) is 0 Å². The predicted octanol–water partition coefficient (Wildman–Crippen LogP) is 2.60. The van der Waals surface area contributed by atoms with Crippen LogP contribution >= 0.6 is 0 Å². The lowest BCUT2D eigenvalue weighted by Gasteiger charge is -2.32. The molecule has 0 amide bonds. The first-order valence-corrected chi connectivity index (χ1v) is 6.56. The summed E-state index contributed by atoms with van der Waals surface area (Å²) in [5.41, 5.74) is -0.676. The number of carbonyl (C=O) groups is 1. The molecular formula is C14H21BO4. The van der Waals surface area contributed by atoms with Crippen molar-refractivity contribution in [3.8, 4) is 0 Å². The summed E-state index contributed by atoms with van der Waals surface area (Å²) in [6.07, 6.45) is 5.88. The van der Waals surface area contributed by atoms with Crippen LogP contribution in [-0.4, -0.2) is 29.4 Å². The number of carboxylic acid groups (broad SMARTS) is 1. The Labute approximate surface area is 114 Å². The first kappa shape index (κ1) is 14.3. The minimum Gasteiger partial charge on any atom is -0.481 e. The molecule has 1 atom stereocenters. The van der Waals surface area contributed by atoms with Gasteiger partial charge in [0, 0.05) is 0 Å². The third-order valence-electron chi connectivity index (χ3n) is 4.42. The Kier molecular flexibility index (Phi) is 3.18. The third-order valence-corrected chi connectivity index (χ3v) is 4.42. The van der Waals surface area contributed by atoms with E-state index in [1.165, 1.54) is 0 Å². The molecule has 0 spiro atoms. The van der Waals surface area contributed by atoms with Gasteiger partial charge in [0.1, 0.15) is 0 Å². The molecule has 1 aliphatic heterocycles. The quantitative estimate of drug-likeness (QED) is 0.779. The lowest BCUT2D eigenvalue weighted by Crippen LogP contribution is -2.41. The van der Waals surface area contributed by atoms with E-state index in [0.717, 1.165) is 5.47 Å². The van der Waals surface area contributed by atoms with E-state index < -0.39 is 18.5 Å². The highest BCUT2D eigenvalue weighted by Gasteiger charge is 2.52. The van der Waals surface area contributed by atoms with Gasteiger partial charge < -0.3 is 14.4 Å². The topological polar surface area (TPSA) is 55.8 Å². The number of aliphatic carboxylic acids is 1. The van der Waals surface area contributed by atoms with Crippen molar-refractivity contribution in [1.29, 1.82) is 0 Å². The smallest absolute Gasteiger partial charge is 0.481 e. The summed E-state index contributed by atoms with van der Waals surface area (Å²) in [6, 6.07) is 0. The Balaban J connectivity index is 2.14. The summed E-state index contributed by atoms with van der Waals surface area (Å²) < 4.78 is 11.9. The Hall–Kier alpha value is -1.07. The molecular weight excluding hydrogens is 243 g/mol. The molecule has 1 unspecified atom stereocenters. The average molecular weight is 264 g/mol. The van der Waals surface area contributed by atoms with Crippen LogP contribution in [0.15, 0.2) is 23.7 Å². The first-order valence-electron chi connectivity index (χ1n) is 6.56. The van der Waals surface area contributed by atoms with Gasteiger partial charge in [-0.05, 0) is 46.5 Å². The second-order valence-corrected chi connectivity index (χ2v) is 6.55. The summed E-state index contributed by atoms with van der Waals surface area (Å²) >= 11 is 0. The molecule has 1 fully saturated rings. The molecule has 0 aromatic rings. The maximum atomic E-state index is 11.2. The summed E-state index contributed by atoms with van der Waals surface area (Å²) in [5, 5.41) is 9.17. The minimum absolute atomic E-state index is 0.375. The molecule has 0 aromatic heterocycles.